The summed E-state index contributed by atoms with van der Waals surface area (Å²) in [5.74, 6) is -0.328. The zero-order chi connectivity index (χ0) is 21.2. The van der Waals surface area contributed by atoms with Crippen molar-refractivity contribution in [1.82, 2.24) is 18.7 Å². The molecule has 1 aromatic carbocycles. The number of rotatable bonds is 7. The molecule has 0 atom stereocenters. The van der Waals surface area contributed by atoms with Crippen molar-refractivity contribution in [3.8, 4) is 11.1 Å². The van der Waals surface area contributed by atoms with Gasteiger partial charge < -0.3 is 4.57 Å². The molecular weight excluding hydrogens is 415 g/mol. The lowest BCUT2D eigenvalue weighted by atomic mass is 10.0. The summed E-state index contributed by atoms with van der Waals surface area (Å²) in [7, 11) is -0.586. The summed E-state index contributed by atoms with van der Waals surface area (Å²) in [6.07, 6.45) is 4.74. The van der Waals surface area contributed by atoms with Crippen molar-refractivity contribution in [2.45, 2.75) is 18.4 Å². The normalized spacial score (nSPS) is 12.8. The Morgan fingerprint density at radius 1 is 1.34 bits per heavy atom. The Balaban J connectivity index is 2.18. The number of halogens is 2. The van der Waals surface area contributed by atoms with Gasteiger partial charge in [0.25, 0.3) is 0 Å². The molecule has 2 heterocycles. The van der Waals surface area contributed by atoms with Crippen LogP contribution in [-0.2, 0) is 16.6 Å². The zero-order valence-corrected chi connectivity index (χ0v) is 17.9. The monoisotopic (exact) mass is 436 g/mol. The maximum atomic E-state index is 14.3. The minimum atomic E-state index is -3.57. The van der Waals surface area contributed by atoms with Crippen LogP contribution in [-0.4, -0.2) is 42.9 Å². The SMILES string of the molecule is Cc1c(-c2cccc(S(=O)(=O)N(C)C)c2)c2cnccc2n1C/C(F)=C/CNCl. The van der Waals surface area contributed by atoms with E-state index in [1.54, 1.807) is 30.6 Å². The molecule has 1 N–H and O–H groups in total. The lowest BCUT2D eigenvalue weighted by Crippen LogP contribution is -2.22. The van der Waals surface area contributed by atoms with E-state index in [9.17, 15) is 12.8 Å². The Hall–Kier alpha value is -2.26. The molecule has 3 aromatic rings. The lowest BCUT2D eigenvalue weighted by Gasteiger charge is -2.13. The summed E-state index contributed by atoms with van der Waals surface area (Å²) in [5.41, 5.74) is 3.19. The van der Waals surface area contributed by atoms with Crippen LogP contribution in [0.1, 0.15) is 5.69 Å². The summed E-state index contributed by atoms with van der Waals surface area (Å²) in [4.78, 5) is 6.78. The zero-order valence-electron chi connectivity index (χ0n) is 16.4. The summed E-state index contributed by atoms with van der Waals surface area (Å²) < 4.78 is 42.5. The average molecular weight is 437 g/mol. The quantitative estimate of drug-likeness (QED) is 0.571. The van der Waals surface area contributed by atoms with Crippen molar-refractivity contribution in [3.05, 3.63) is 60.3 Å². The number of nitrogens with one attached hydrogen (secondary N) is 1. The van der Waals surface area contributed by atoms with Crippen molar-refractivity contribution in [1.29, 1.82) is 0 Å². The minimum absolute atomic E-state index is 0.0423. The standard InChI is InChI=1S/C20H22ClFN4O2S/c1-14-20(15-5-4-6-17(11-15)29(27,28)25(2)3)18-12-23-9-8-19(18)26(14)13-16(22)7-10-24-21/h4-9,11-12,24H,10,13H2,1-3H3/b16-7-. The van der Waals surface area contributed by atoms with E-state index in [0.29, 0.717) is 0 Å². The van der Waals surface area contributed by atoms with Gasteiger partial charge >= 0.3 is 0 Å². The number of hydrogen-bond donors (Lipinski definition) is 1. The third kappa shape index (κ3) is 4.20. The maximum Gasteiger partial charge on any atom is 0.242 e. The van der Waals surface area contributed by atoms with Gasteiger partial charge in [-0.25, -0.2) is 21.9 Å². The Bertz CT molecular complexity index is 1170. The Labute approximate surface area is 174 Å². The number of fused-ring (bicyclic) bond motifs is 1. The highest BCUT2D eigenvalue weighted by atomic mass is 35.5. The second-order valence-corrected chi connectivity index (χ2v) is 9.16. The number of hydrogen-bond acceptors (Lipinski definition) is 4. The highest BCUT2D eigenvalue weighted by Crippen LogP contribution is 2.35. The first-order valence-corrected chi connectivity index (χ1v) is 10.7. The fourth-order valence-corrected chi connectivity index (χ4v) is 4.31. The van der Waals surface area contributed by atoms with E-state index < -0.39 is 10.0 Å². The molecule has 0 saturated carbocycles. The average Bonchev–Trinajstić information content (AvgIpc) is 2.98. The van der Waals surface area contributed by atoms with Crippen molar-refractivity contribution < 1.29 is 12.8 Å². The van der Waals surface area contributed by atoms with Gasteiger partial charge in [0.15, 0.2) is 0 Å². The molecule has 0 unspecified atom stereocenters. The second-order valence-electron chi connectivity index (χ2n) is 6.74. The predicted molar refractivity (Wildman–Crippen MR) is 114 cm³/mol. The van der Waals surface area contributed by atoms with Crippen molar-refractivity contribution >= 4 is 32.7 Å². The number of pyridine rings is 1. The molecule has 0 spiro atoms. The first-order valence-electron chi connectivity index (χ1n) is 8.91. The molecule has 0 bridgehead atoms. The van der Waals surface area contributed by atoms with Crippen molar-refractivity contribution in [2.24, 2.45) is 0 Å². The van der Waals surface area contributed by atoms with Crippen molar-refractivity contribution in [2.75, 3.05) is 20.6 Å². The first-order chi connectivity index (χ1) is 13.8. The number of aromatic nitrogens is 2. The number of benzene rings is 1. The molecule has 0 aliphatic carbocycles. The maximum absolute atomic E-state index is 14.3. The van der Waals surface area contributed by atoms with E-state index in [-0.39, 0.29) is 23.8 Å². The molecule has 154 valence electrons. The van der Waals surface area contributed by atoms with Gasteiger partial charge in [-0.1, -0.05) is 12.1 Å². The van der Waals surface area contributed by atoms with E-state index >= 15 is 0 Å². The van der Waals surface area contributed by atoms with Crippen LogP contribution in [0.5, 0.6) is 0 Å². The molecule has 2 aromatic heterocycles. The smallest absolute Gasteiger partial charge is 0.242 e. The van der Waals surface area contributed by atoms with Crippen LogP contribution in [0.25, 0.3) is 22.0 Å². The molecule has 0 aliphatic heterocycles. The van der Waals surface area contributed by atoms with Crippen LogP contribution >= 0.6 is 11.8 Å². The van der Waals surface area contributed by atoms with Crippen LogP contribution in [0.2, 0.25) is 0 Å². The van der Waals surface area contributed by atoms with Crippen LogP contribution < -0.4 is 4.84 Å². The van der Waals surface area contributed by atoms with Crippen LogP contribution in [0.3, 0.4) is 0 Å². The van der Waals surface area contributed by atoms with E-state index in [1.807, 2.05) is 23.6 Å². The third-order valence-electron chi connectivity index (χ3n) is 4.74. The largest absolute Gasteiger partial charge is 0.337 e. The van der Waals surface area contributed by atoms with Gasteiger partial charge in [0.2, 0.25) is 10.0 Å². The van der Waals surface area contributed by atoms with Gasteiger partial charge in [0.05, 0.1) is 17.0 Å². The summed E-state index contributed by atoms with van der Waals surface area (Å²) >= 11 is 5.40. The van der Waals surface area contributed by atoms with E-state index in [4.69, 9.17) is 11.8 Å². The fraction of sp³-hybridized carbons (Fsp3) is 0.250. The number of sulfonamides is 1. The Morgan fingerprint density at radius 3 is 2.79 bits per heavy atom. The fourth-order valence-electron chi connectivity index (χ4n) is 3.28. The van der Waals surface area contributed by atoms with Gasteiger partial charge in [0, 0.05) is 49.7 Å². The van der Waals surface area contributed by atoms with Crippen LogP contribution in [0.4, 0.5) is 4.39 Å². The Morgan fingerprint density at radius 2 is 2.10 bits per heavy atom. The topological polar surface area (TPSA) is 67.2 Å². The van der Waals surface area contributed by atoms with Crippen molar-refractivity contribution in [3.63, 3.8) is 0 Å². The third-order valence-corrected chi connectivity index (χ3v) is 6.70. The molecular formula is C20H22ClFN4O2S. The first kappa shape index (κ1) is 21.4. The second kappa shape index (κ2) is 8.62. The molecule has 0 radical (unpaired) electrons. The highest BCUT2D eigenvalue weighted by Gasteiger charge is 2.21. The minimum Gasteiger partial charge on any atom is -0.337 e. The van der Waals surface area contributed by atoms with Gasteiger partial charge in [-0.3, -0.25) is 4.98 Å². The van der Waals surface area contributed by atoms with Gasteiger partial charge in [0.1, 0.15) is 5.83 Å². The summed E-state index contributed by atoms with van der Waals surface area (Å²) in [5, 5.41) is 0.827. The van der Waals surface area contributed by atoms with Crippen LogP contribution in [0, 0.1) is 6.92 Å². The highest BCUT2D eigenvalue weighted by molar-refractivity contribution is 7.89. The molecule has 0 amide bonds. The molecule has 3 rings (SSSR count). The molecule has 0 fully saturated rings. The molecule has 9 heteroatoms. The van der Waals surface area contributed by atoms with Gasteiger partial charge in [-0.2, -0.15) is 0 Å². The summed E-state index contributed by atoms with van der Waals surface area (Å²) in [6.45, 7) is 2.14. The Kier molecular flexibility index (Phi) is 6.38. The summed E-state index contributed by atoms with van der Waals surface area (Å²) in [6, 6.07) is 8.57. The van der Waals surface area contributed by atoms with E-state index in [1.165, 1.54) is 24.5 Å². The molecule has 29 heavy (non-hydrogen) atoms. The van der Waals surface area contributed by atoms with E-state index in [2.05, 4.69) is 9.82 Å². The molecule has 6 nitrogen and oxygen atoms in total. The molecule has 0 saturated heterocycles. The van der Waals surface area contributed by atoms with E-state index in [0.717, 1.165) is 27.7 Å². The predicted octanol–water partition coefficient (Wildman–Crippen LogP) is 3.86. The molecule has 0 aliphatic rings. The number of allylic oxidation sites excluding steroid dienone is 1. The van der Waals surface area contributed by atoms with Crippen LogP contribution in [0.15, 0.2) is 59.5 Å². The lowest BCUT2D eigenvalue weighted by molar-refractivity contribution is 0.521. The van der Waals surface area contributed by atoms with Gasteiger partial charge in [-0.05, 0) is 48.5 Å². The van der Waals surface area contributed by atoms with Gasteiger partial charge in [-0.15, -0.1) is 0 Å². The number of nitrogens with zero attached hydrogens (tertiary/aromatic N) is 3.